The SMILES string of the molecule is NNC(c1cccc(F)c1)c1ncccn1. The Labute approximate surface area is 92.3 Å². The molecule has 2 rings (SSSR count). The fourth-order valence-electron chi connectivity index (χ4n) is 1.47. The number of rotatable bonds is 3. The van der Waals surface area contributed by atoms with Gasteiger partial charge < -0.3 is 0 Å². The van der Waals surface area contributed by atoms with Crippen LogP contribution in [0.3, 0.4) is 0 Å². The molecule has 1 aromatic heterocycles. The van der Waals surface area contributed by atoms with Crippen molar-refractivity contribution in [1.29, 1.82) is 0 Å². The highest BCUT2D eigenvalue weighted by Crippen LogP contribution is 2.18. The second kappa shape index (κ2) is 4.78. The summed E-state index contributed by atoms with van der Waals surface area (Å²) in [7, 11) is 0. The van der Waals surface area contributed by atoms with E-state index in [-0.39, 0.29) is 5.82 Å². The van der Waals surface area contributed by atoms with E-state index in [1.807, 2.05) is 0 Å². The maximum absolute atomic E-state index is 13.1. The van der Waals surface area contributed by atoms with Gasteiger partial charge in [0.05, 0.1) is 0 Å². The molecule has 0 saturated carbocycles. The molecular formula is C11H11FN4. The smallest absolute Gasteiger partial charge is 0.150 e. The second-order valence-electron chi connectivity index (χ2n) is 3.26. The average Bonchev–Trinajstić information content (AvgIpc) is 2.31. The quantitative estimate of drug-likeness (QED) is 0.599. The molecule has 0 aliphatic carbocycles. The van der Waals surface area contributed by atoms with Crippen molar-refractivity contribution in [3.63, 3.8) is 0 Å². The molecule has 1 aromatic carbocycles. The number of nitrogens with zero attached hydrogens (tertiary/aromatic N) is 2. The van der Waals surface area contributed by atoms with Gasteiger partial charge in [-0.15, -0.1) is 0 Å². The summed E-state index contributed by atoms with van der Waals surface area (Å²) in [5, 5.41) is 0. The number of benzene rings is 1. The molecule has 0 aliphatic heterocycles. The molecule has 1 heterocycles. The fourth-order valence-corrected chi connectivity index (χ4v) is 1.47. The van der Waals surface area contributed by atoms with Crippen molar-refractivity contribution in [2.75, 3.05) is 0 Å². The van der Waals surface area contributed by atoms with Crippen LogP contribution in [-0.2, 0) is 0 Å². The molecule has 0 radical (unpaired) electrons. The largest absolute Gasteiger partial charge is 0.270 e. The van der Waals surface area contributed by atoms with E-state index in [0.29, 0.717) is 11.4 Å². The highest BCUT2D eigenvalue weighted by atomic mass is 19.1. The van der Waals surface area contributed by atoms with Crippen LogP contribution in [0.2, 0.25) is 0 Å². The summed E-state index contributed by atoms with van der Waals surface area (Å²) in [6.45, 7) is 0. The summed E-state index contributed by atoms with van der Waals surface area (Å²) in [6, 6.07) is 7.48. The first-order chi connectivity index (χ1) is 7.81. The van der Waals surface area contributed by atoms with Gasteiger partial charge in [-0.2, -0.15) is 0 Å². The molecule has 16 heavy (non-hydrogen) atoms. The zero-order valence-electron chi connectivity index (χ0n) is 8.47. The second-order valence-corrected chi connectivity index (χ2v) is 3.26. The first-order valence-electron chi connectivity index (χ1n) is 4.80. The van der Waals surface area contributed by atoms with E-state index in [1.165, 1.54) is 12.1 Å². The molecular weight excluding hydrogens is 207 g/mol. The number of hydrogen-bond donors (Lipinski definition) is 2. The number of hydrazine groups is 1. The number of nitrogens with two attached hydrogens (primary N) is 1. The maximum atomic E-state index is 13.1. The van der Waals surface area contributed by atoms with Crippen LogP contribution in [0.15, 0.2) is 42.7 Å². The van der Waals surface area contributed by atoms with Crippen LogP contribution in [0.5, 0.6) is 0 Å². The zero-order chi connectivity index (χ0) is 11.4. The highest BCUT2D eigenvalue weighted by Gasteiger charge is 2.14. The van der Waals surface area contributed by atoms with Crippen molar-refractivity contribution in [2.24, 2.45) is 5.84 Å². The average molecular weight is 218 g/mol. The van der Waals surface area contributed by atoms with Crippen molar-refractivity contribution in [2.45, 2.75) is 6.04 Å². The van der Waals surface area contributed by atoms with E-state index in [2.05, 4.69) is 15.4 Å². The van der Waals surface area contributed by atoms with Gasteiger partial charge in [-0.3, -0.25) is 5.84 Å². The molecule has 0 bridgehead atoms. The molecule has 0 amide bonds. The Morgan fingerprint density at radius 2 is 1.94 bits per heavy atom. The van der Waals surface area contributed by atoms with Crippen LogP contribution in [0.25, 0.3) is 0 Å². The predicted octanol–water partition coefficient (Wildman–Crippen LogP) is 1.17. The Kier molecular flexibility index (Phi) is 3.19. The summed E-state index contributed by atoms with van der Waals surface area (Å²) in [4.78, 5) is 8.16. The van der Waals surface area contributed by atoms with E-state index >= 15 is 0 Å². The van der Waals surface area contributed by atoms with Crippen LogP contribution in [-0.4, -0.2) is 9.97 Å². The van der Waals surface area contributed by atoms with E-state index in [0.717, 1.165) is 0 Å². The number of hydrogen-bond acceptors (Lipinski definition) is 4. The lowest BCUT2D eigenvalue weighted by Crippen LogP contribution is -2.30. The first-order valence-corrected chi connectivity index (χ1v) is 4.80. The Morgan fingerprint density at radius 3 is 2.56 bits per heavy atom. The third-order valence-electron chi connectivity index (χ3n) is 2.19. The normalized spacial score (nSPS) is 12.4. The van der Waals surface area contributed by atoms with Crippen molar-refractivity contribution in [3.8, 4) is 0 Å². The minimum Gasteiger partial charge on any atom is -0.270 e. The van der Waals surface area contributed by atoms with Crippen molar-refractivity contribution in [3.05, 3.63) is 59.9 Å². The Hall–Kier alpha value is -1.85. The monoisotopic (exact) mass is 218 g/mol. The molecule has 0 fully saturated rings. The van der Waals surface area contributed by atoms with Crippen LogP contribution in [0.4, 0.5) is 4.39 Å². The minimum atomic E-state index is -0.406. The van der Waals surface area contributed by atoms with Gasteiger partial charge in [0.15, 0.2) is 5.82 Å². The molecule has 1 unspecified atom stereocenters. The van der Waals surface area contributed by atoms with Gasteiger partial charge in [0.1, 0.15) is 11.9 Å². The van der Waals surface area contributed by atoms with E-state index in [4.69, 9.17) is 5.84 Å². The minimum absolute atomic E-state index is 0.311. The van der Waals surface area contributed by atoms with Crippen LogP contribution >= 0.6 is 0 Å². The summed E-state index contributed by atoms with van der Waals surface area (Å²) >= 11 is 0. The molecule has 0 saturated heterocycles. The number of nitrogens with one attached hydrogen (secondary N) is 1. The van der Waals surface area contributed by atoms with Gasteiger partial charge >= 0.3 is 0 Å². The lowest BCUT2D eigenvalue weighted by Gasteiger charge is -2.14. The molecule has 82 valence electrons. The summed E-state index contributed by atoms with van der Waals surface area (Å²) in [5.74, 6) is 5.63. The Balaban J connectivity index is 2.37. The predicted molar refractivity (Wildman–Crippen MR) is 57.6 cm³/mol. The Bertz CT molecular complexity index is 461. The summed E-state index contributed by atoms with van der Waals surface area (Å²) in [6.07, 6.45) is 3.23. The highest BCUT2D eigenvalue weighted by molar-refractivity contribution is 5.25. The van der Waals surface area contributed by atoms with Gasteiger partial charge in [0, 0.05) is 12.4 Å². The lowest BCUT2D eigenvalue weighted by atomic mass is 10.1. The molecule has 2 aromatic rings. The molecule has 0 spiro atoms. The third-order valence-corrected chi connectivity index (χ3v) is 2.19. The lowest BCUT2D eigenvalue weighted by molar-refractivity contribution is 0.586. The van der Waals surface area contributed by atoms with Crippen LogP contribution in [0.1, 0.15) is 17.4 Å². The molecule has 5 heteroatoms. The van der Waals surface area contributed by atoms with Crippen LogP contribution < -0.4 is 11.3 Å². The summed E-state index contributed by atoms with van der Waals surface area (Å²) < 4.78 is 13.1. The van der Waals surface area contributed by atoms with Crippen molar-refractivity contribution >= 4 is 0 Å². The van der Waals surface area contributed by atoms with Crippen molar-refractivity contribution < 1.29 is 4.39 Å². The number of halogens is 1. The zero-order valence-corrected chi connectivity index (χ0v) is 8.47. The number of aromatic nitrogens is 2. The van der Waals surface area contributed by atoms with Gasteiger partial charge in [0.25, 0.3) is 0 Å². The van der Waals surface area contributed by atoms with Gasteiger partial charge in [-0.1, -0.05) is 12.1 Å². The topological polar surface area (TPSA) is 63.8 Å². The summed E-state index contributed by atoms with van der Waals surface area (Å²) in [5.41, 5.74) is 3.26. The van der Waals surface area contributed by atoms with E-state index in [1.54, 1.807) is 30.6 Å². The molecule has 1 atom stereocenters. The van der Waals surface area contributed by atoms with E-state index < -0.39 is 6.04 Å². The molecule has 4 nitrogen and oxygen atoms in total. The maximum Gasteiger partial charge on any atom is 0.150 e. The van der Waals surface area contributed by atoms with Crippen LogP contribution in [0, 0.1) is 5.82 Å². The standard InChI is InChI=1S/C11H11FN4/c12-9-4-1-3-8(7-9)10(16-13)11-14-5-2-6-15-11/h1-7,10,16H,13H2. The molecule has 3 N–H and O–H groups in total. The van der Waals surface area contributed by atoms with E-state index in [9.17, 15) is 4.39 Å². The van der Waals surface area contributed by atoms with Crippen molar-refractivity contribution in [1.82, 2.24) is 15.4 Å². The first kappa shape index (κ1) is 10.7. The molecule has 0 aliphatic rings. The van der Waals surface area contributed by atoms with Gasteiger partial charge in [-0.25, -0.2) is 19.8 Å². The Morgan fingerprint density at radius 1 is 1.19 bits per heavy atom. The third kappa shape index (κ3) is 2.21. The fraction of sp³-hybridized carbons (Fsp3) is 0.0909. The van der Waals surface area contributed by atoms with Gasteiger partial charge in [-0.05, 0) is 23.8 Å². The van der Waals surface area contributed by atoms with Gasteiger partial charge in [0.2, 0.25) is 0 Å².